The summed E-state index contributed by atoms with van der Waals surface area (Å²) in [6.45, 7) is 2.93. The first-order chi connectivity index (χ1) is 15.0. The molecule has 1 fully saturated rings. The molecule has 1 aliphatic rings. The van der Waals surface area contributed by atoms with E-state index in [2.05, 4.69) is 5.32 Å². The van der Waals surface area contributed by atoms with Crippen molar-refractivity contribution in [3.8, 4) is 0 Å². The second-order valence-corrected chi connectivity index (χ2v) is 7.43. The first-order valence-electron chi connectivity index (χ1n) is 10.00. The number of nitro benzene ring substituents is 1. The quantitative estimate of drug-likeness (QED) is 0.257. The molecule has 4 atom stereocenters. The number of rotatable bonds is 9. The van der Waals surface area contributed by atoms with E-state index in [4.69, 9.17) is 10.5 Å². The highest BCUT2D eigenvalue weighted by atomic mass is 16.6. The summed E-state index contributed by atoms with van der Waals surface area (Å²) in [7, 11) is 0. The number of aliphatic hydroxyl groups excluding tert-OH is 1. The third kappa shape index (κ3) is 6.00. The van der Waals surface area contributed by atoms with Crippen LogP contribution in [0.2, 0.25) is 0 Å². The lowest BCUT2D eigenvalue weighted by atomic mass is 9.87. The molecule has 1 aromatic carbocycles. The molecule has 0 unspecified atom stereocenters. The highest BCUT2D eigenvalue weighted by Crippen LogP contribution is 2.27. The van der Waals surface area contributed by atoms with Crippen LogP contribution >= 0.6 is 0 Å². The van der Waals surface area contributed by atoms with E-state index < -0.39 is 52.7 Å². The number of nitro groups is 1. The average molecular weight is 450 g/mol. The number of nitrogens with zero attached hydrogens (tertiary/aromatic N) is 2. The zero-order valence-corrected chi connectivity index (χ0v) is 17.7. The zero-order chi connectivity index (χ0) is 24.0. The largest absolute Gasteiger partial charge is 0.466 e. The number of ether oxygens (including phenoxy) is 1. The number of nitrogens with one attached hydrogen (secondary N) is 1. The Kier molecular flexibility index (Phi) is 8.24. The highest BCUT2D eigenvalue weighted by molar-refractivity contribution is 5.92. The van der Waals surface area contributed by atoms with Gasteiger partial charge in [-0.1, -0.05) is 12.1 Å². The van der Waals surface area contributed by atoms with Crippen molar-refractivity contribution in [3.05, 3.63) is 39.9 Å². The first kappa shape index (κ1) is 24.7. The van der Waals surface area contributed by atoms with Gasteiger partial charge in [0.05, 0.1) is 24.1 Å². The molecule has 4 N–H and O–H groups in total. The van der Waals surface area contributed by atoms with Crippen LogP contribution in [0.4, 0.5) is 5.69 Å². The minimum atomic E-state index is -1.38. The fraction of sp³-hybridized carbons (Fsp3) is 0.500. The third-order valence-electron chi connectivity index (χ3n) is 5.22. The van der Waals surface area contributed by atoms with Gasteiger partial charge < -0.3 is 25.8 Å². The molecule has 0 radical (unpaired) electrons. The van der Waals surface area contributed by atoms with E-state index in [0.717, 1.165) is 0 Å². The number of carbonyl (C=O) groups excluding carboxylic acids is 4. The summed E-state index contributed by atoms with van der Waals surface area (Å²) in [4.78, 5) is 60.7. The van der Waals surface area contributed by atoms with Crippen LogP contribution in [0.1, 0.15) is 38.2 Å². The van der Waals surface area contributed by atoms with Gasteiger partial charge in [-0.3, -0.25) is 29.3 Å². The number of hydrogen-bond acceptors (Lipinski definition) is 8. The van der Waals surface area contributed by atoms with Crippen LogP contribution in [0.3, 0.4) is 0 Å². The van der Waals surface area contributed by atoms with Crippen molar-refractivity contribution >= 4 is 29.4 Å². The Labute approximate surface area is 183 Å². The monoisotopic (exact) mass is 450 g/mol. The number of β-amino-alcohol motifs (C(OH)–C–C–N with tert-alkyl or cyclic N) is 1. The summed E-state index contributed by atoms with van der Waals surface area (Å²) in [5.74, 6) is -3.71. The molecule has 32 heavy (non-hydrogen) atoms. The number of hydrogen-bond donors (Lipinski definition) is 3. The molecule has 1 saturated heterocycles. The molecule has 1 heterocycles. The number of carbonyl (C=O) groups is 4. The fourth-order valence-electron chi connectivity index (χ4n) is 3.70. The van der Waals surface area contributed by atoms with Crippen LogP contribution in [-0.2, 0) is 23.9 Å². The number of amides is 3. The fourth-order valence-corrected chi connectivity index (χ4v) is 3.70. The SMILES string of the molecule is CCOC(=O)C[C@H](c1ccc([N+](=O)[O-])cc1)[C@H](NC(=O)[C@@H]1C[C@@H](O)CN1C(C)=O)C(N)=O. The van der Waals surface area contributed by atoms with Crippen molar-refractivity contribution in [1.29, 1.82) is 0 Å². The maximum Gasteiger partial charge on any atom is 0.306 e. The average Bonchev–Trinajstić information content (AvgIpc) is 3.12. The molecule has 0 spiro atoms. The topological polar surface area (TPSA) is 182 Å². The number of non-ortho nitro benzene ring substituents is 1. The number of benzene rings is 1. The van der Waals surface area contributed by atoms with Crippen LogP contribution in [0, 0.1) is 10.1 Å². The van der Waals surface area contributed by atoms with Gasteiger partial charge in [0.25, 0.3) is 5.69 Å². The summed E-state index contributed by atoms with van der Waals surface area (Å²) in [5, 5.41) is 23.3. The Balaban J connectivity index is 2.35. The van der Waals surface area contributed by atoms with Gasteiger partial charge >= 0.3 is 5.97 Å². The maximum atomic E-state index is 12.9. The molecule has 0 aliphatic carbocycles. The maximum absolute atomic E-state index is 12.9. The van der Waals surface area contributed by atoms with Crippen LogP contribution < -0.4 is 11.1 Å². The van der Waals surface area contributed by atoms with Gasteiger partial charge in [-0.05, 0) is 12.5 Å². The van der Waals surface area contributed by atoms with Crippen LogP contribution in [-0.4, -0.2) is 70.0 Å². The van der Waals surface area contributed by atoms with Crippen LogP contribution in [0.5, 0.6) is 0 Å². The van der Waals surface area contributed by atoms with E-state index in [1.807, 2.05) is 0 Å². The molecule has 3 amide bonds. The Bertz CT molecular complexity index is 888. The van der Waals surface area contributed by atoms with Crippen molar-refractivity contribution in [2.45, 2.75) is 50.8 Å². The predicted molar refractivity (Wildman–Crippen MR) is 110 cm³/mol. The molecule has 1 aromatic rings. The third-order valence-corrected chi connectivity index (χ3v) is 5.22. The Morgan fingerprint density at radius 2 is 1.94 bits per heavy atom. The van der Waals surface area contributed by atoms with E-state index >= 15 is 0 Å². The van der Waals surface area contributed by atoms with Crippen molar-refractivity contribution in [2.75, 3.05) is 13.2 Å². The second-order valence-electron chi connectivity index (χ2n) is 7.43. The predicted octanol–water partition coefficient (Wildman–Crippen LogP) is -0.417. The van der Waals surface area contributed by atoms with Crippen LogP contribution in [0.15, 0.2) is 24.3 Å². The lowest BCUT2D eigenvalue weighted by Crippen LogP contribution is -2.54. The minimum absolute atomic E-state index is 0.0169. The van der Waals surface area contributed by atoms with Crippen molar-refractivity contribution in [2.24, 2.45) is 5.73 Å². The van der Waals surface area contributed by atoms with E-state index in [9.17, 15) is 34.4 Å². The van der Waals surface area contributed by atoms with Gasteiger partial charge in [-0.15, -0.1) is 0 Å². The van der Waals surface area contributed by atoms with Crippen LogP contribution in [0.25, 0.3) is 0 Å². The number of nitrogens with two attached hydrogens (primary N) is 1. The van der Waals surface area contributed by atoms with E-state index in [-0.39, 0.29) is 31.7 Å². The Morgan fingerprint density at radius 1 is 1.31 bits per heavy atom. The minimum Gasteiger partial charge on any atom is -0.466 e. The molecule has 0 aromatic heterocycles. The molecule has 0 bridgehead atoms. The highest BCUT2D eigenvalue weighted by Gasteiger charge is 2.40. The standard InChI is InChI=1S/C20H26N4O8/c1-3-32-17(27)9-15(12-4-6-13(7-5-12)24(30)31)18(19(21)28)22-20(29)16-8-14(26)10-23(16)11(2)25/h4-7,14-16,18,26H,3,8-10H2,1-2H3,(H2,21,28)(H,22,29)/t14-,15-,16+,18+/m1/s1. The molecule has 2 rings (SSSR count). The lowest BCUT2D eigenvalue weighted by molar-refractivity contribution is -0.384. The zero-order valence-electron chi connectivity index (χ0n) is 17.7. The molecule has 0 saturated carbocycles. The van der Waals surface area contributed by atoms with Gasteiger partial charge in [0.2, 0.25) is 17.7 Å². The number of likely N-dealkylation sites (tertiary alicyclic amines) is 1. The molecule has 174 valence electrons. The van der Waals surface area contributed by atoms with E-state index in [1.54, 1.807) is 6.92 Å². The molecule has 12 heteroatoms. The van der Waals surface area contributed by atoms with E-state index in [1.165, 1.54) is 36.1 Å². The second kappa shape index (κ2) is 10.7. The summed E-state index contributed by atoms with van der Waals surface area (Å²) in [6.07, 6.45) is -1.24. The molecule has 1 aliphatic heterocycles. The Hall–Kier alpha value is -3.54. The number of esters is 1. The summed E-state index contributed by atoms with van der Waals surface area (Å²) in [5.41, 5.74) is 5.68. The van der Waals surface area contributed by atoms with Gasteiger partial charge in [-0.25, -0.2) is 0 Å². The lowest BCUT2D eigenvalue weighted by Gasteiger charge is -2.28. The normalized spacial score (nSPS) is 19.7. The number of aliphatic hydroxyl groups is 1. The van der Waals surface area contributed by atoms with Gasteiger partial charge in [-0.2, -0.15) is 0 Å². The van der Waals surface area contributed by atoms with E-state index in [0.29, 0.717) is 5.56 Å². The molecular weight excluding hydrogens is 424 g/mol. The van der Waals surface area contributed by atoms with Crippen molar-refractivity contribution in [3.63, 3.8) is 0 Å². The van der Waals surface area contributed by atoms with Gasteiger partial charge in [0.1, 0.15) is 12.1 Å². The van der Waals surface area contributed by atoms with Crippen molar-refractivity contribution in [1.82, 2.24) is 10.2 Å². The molecular formula is C20H26N4O8. The first-order valence-corrected chi connectivity index (χ1v) is 10.00. The smallest absolute Gasteiger partial charge is 0.306 e. The van der Waals surface area contributed by atoms with Crippen molar-refractivity contribution < 1.29 is 33.9 Å². The summed E-state index contributed by atoms with van der Waals surface area (Å²) < 4.78 is 4.96. The Morgan fingerprint density at radius 3 is 2.44 bits per heavy atom. The summed E-state index contributed by atoms with van der Waals surface area (Å²) in [6, 6.07) is 2.76. The number of primary amides is 1. The van der Waals surface area contributed by atoms with Gasteiger partial charge in [0, 0.05) is 37.9 Å². The van der Waals surface area contributed by atoms with Gasteiger partial charge in [0.15, 0.2) is 0 Å². The summed E-state index contributed by atoms with van der Waals surface area (Å²) >= 11 is 0. The molecule has 12 nitrogen and oxygen atoms in total.